The topological polar surface area (TPSA) is 54.5 Å². The number of anilines is 1. The summed E-state index contributed by atoms with van der Waals surface area (Å²) in [6.45, 7) is 5.41. The number of fused-ring (bicyclic) bond motifs is 1. The van der Waals surface area contributed by atoms with E-state index in [1.807, 2.05) is 0 Å². The highest BCUT2D eigenvalue weighted by molar-refractivity contribution is 7.20. The molecule has 5 nitrogen and oxygen atoms in total. The third kappa shape index (κ3) is 4.44. The Morgan fingerprint density at radius 1 is 1.14 bits per heavy atom. The van der Waals surface area contributed by atoms with Gasteiger partial charge in [0.05, 0.1) is 20.3 Å². The van der Waals surface area contributed by atoms with E-state index < -0.39 is 0 Å². The maximum atomic E-state index is 12.5. The number of aromatic nitrogens is 1. The molecule has 8 heteroatoms. The maximum Gasteiger partial charge on any atom is 0.321 e. The highest BCUT2D eigenvalue weighted by Gasteiger charge is 2.25. The molecule has 1 aliphatic rings. The minimum absolute atomic E-state index is 0.0604. The van der Waals surface area contributed by atoms with E-state index in [4.69, 9.17) is 27.9 Å². The number of benzene rings is 2. The van der Waals surface area contributed by atoms with Gasteiger partial charge in [-0.15, -0.1) is 0 Å². The monoisotopic (exact) mass is 449 g/mol. The van der Waals surface area contributed by atoms with Gasteiger partial charge in [0, 0.05) is 31.6 Å². The smallest absolute Gasteiger partial charge is 0.321 e. The number of thiazole rings is 1. The molecule has 1 aromatic heterocycles. The molecule has 0 saturated carbocycles. The zero-order valence-electron chi connectivity index (χ0n) is 16.2. The van der Waals surface area contributed by atoms with E-state index in [9.17, 15) is 4.79 Å². The van der Waals surface area contributed by atoms with Crippen LogP contribution in [0, 0.1) is 13.8 Å². The number of nitrogens with one attached hydrogen (secondary N) is 1. The minimum atomic E-state index is -0.145. The second-order valence-electron chi connectivity index (χ2n) is 7.22. The molecule has 29 heavy (non-hydrogen) atoms. The summed E-state index contributed by atoms with van der Waals surface area (Å²) in [6, 6.07) is 9.11. The lowest BCUT2D eigenvalue weighted by atomic mass is 10.1. The quantitative estimate of drug-likeness (QED) is 0.510. The van der Waals surface area contributed by atoms with Gasteiger partial charge in [-0.2, -0.15) is 0 Å². The first-order valence-corrected chi connectivity index (χ1v) is 11.0. The number of piperidine rings is 1. The molecule has 0 atom stereocenters. The van der Waals surface area contributed by atoms with Crippen LogP contribution in [-0.2, 0) is 0 Å². The van der Waals surface area contributed by atoms with Gasteiger partial charge in [0.25, 0.3) is 5.19 Å². The van der Waals surface area contributed by atoms with E-state index >= 15 is 0 Å². The number of carbonyl (C=O) groups excluding carboxylic acids is 1. The fourth-order valence-electron chi connectivity index (χ4n) is 3.39. The number of ether oxygens (including phenoxy) is 1. The van der Waals surface area contributed by atoms with Gasteiger partial charge in [-0.25, -0.2) is 9.78 Å². The largest absolute Gasteiger partial charge is 0.467 e. The van der Waals surface area contributed by atoms with Gasteiger partial charge in [0.15, 0.2) is 0 Å². The molecule has 152 valence electrons. The van der Waals surface area contributed by atoms with Crippen LogP contribution >= 0.6 is 34.5 Å². The number of halogens is 2. The molecule has 4 rings (SSSR count). The summed E-state index contributed by atoms with van der Waals surface area (Å²) in [6.07, 6.45) is 1.59. The van der Waals surface area contributed by atoms with Crippen molar-refractivity contribution >= 4 is 56.5 Å². The van der Waals surface area contributed by atoms with Crippen LogP contribution in [0.3, 0.4) is 0 Å². The Labute approximate surface area is 183 Å². The van der Waals surface area contributed by atoms with Crippen LogP contribution in [0.25, 0.3) is 10.2 Å². The summed E-state index contributed by atoms with van der Waals surface area (Å²) in [7, 11) is 0. The number of amides is 2. The van der Waals surface area contributed by atoms with Crippen molar-refractivity contribution in [2.45, 2.75) is 32.8 Å². The summed E-state index contributed by atoms with van der Waals surface area (Å²) < 4.78 is 7.32. The second kappa shape index (κ2) is 8.38. The average molecular weight is 450 g/mol. The van der Waals surface area contributed by atoms with Gasteiger partial charge >= 0.3 is 6.03 Å². The molecule has 1 aliphatic heterocycles. The maximum absolute atomic E-state index is 12.5. The molecule has 0 spiro atoms. The summed E-state index contributed by atoms with van der Waals surface area (Å²) >= 11 is 13.5. The third-order valence-corrected chi connectivity index (χ3v) is 6.91. The molecule has 2 amide bonds. The Kier molecular flexibility index (Phi) is 5.86. The van der Waals surface area contributed by atoms with Crippen molar-refractivity contribution in [3.8, 4) is 5.19 Å². The van der Waals surface area contributed by atoms with Crippen LogP contribution < -0.4 is 10.1 Å². The number of hydrogen-bond donors (Lipinski definition) is 1. The lowest BCUT2D eigenvalue weighted by Gasteiger charge is -2.31. The van der Waals surface area contributed by atoms with Crippen LogP contribution in [0.4, 0.5) is 10.5 Å². The lowest BCUT2D eigenvalue weighted by Crippen LogP contribution is -2.43. The minimum Gasteiger partial charge on any atom is -0.467 e. The van der Waals surface area contributed by atoms with Crippen LogP contribution in [0.2, 0.25) is 10.0 Å². The van der Waals surface area contributed by atoms with E-state index in [2.05, 4.69) is 36.3 Å². The van der Waals surface area contributed by atoms with E-state index in [0.29, 0.717) is 34.0 Å². The van der Waals surface area contributed by atoms with E-state index in [1.54, 1.807) is 34.4 Å². The predicted octanol–water partition coefficient (Wildman–Crippen LogP) is 6.30. The number of aryl methyl sites for hydroxylation is 2. The van der Waals surface area contributed by atoms with Crippen molar-refractivity contribution in [3.63, 3.8) is 0 Å². The molecular formula is C21H21Cl2N3O2S. The summed E-state index contributed by atoms with van der Waals surface area (Å²) in [5.74, 6) is 0. The molecule has 0 aliphatic carbocycles. The Hall–Kier alpha value is -2.02. The standard InChI is InChI=1S/C21H21Cl2N3O2S/c1-12-3-4-13(2)19-18(12)25-21(29-19)28-15-7-9-26(10-8-15)20(27)24-14-5-6-16(22)17(23)11-14/h3-6,11,15H,7-10H2,1-2H3,(H,24,27). The first-order chi connectivity index (χ1) is 13.9. The Bertz CT molecular complexity index is 1020. The van der Waals surface area contributed by atoms with Crippen molar-refractivity contribution in [2.24, 2.45) is 0 Å². The van der Waals surface area contributed by atoms with E-state index in [0.717, 1.165) is 23.9 Å². The third-order valence-electron chi connectivity index (χ3n) is 5.09. The summed E-state index contributed by atoms with van der Waals surface area (Å²) in [4.78, 5) is 19.0. The Morgan fingerprint density at radius 3 is 2.55 bits per heavy atom. The second-order valence-corrected chi connectivity index (χ2v) is 9.00. The molecule has 1 N–H and O–H groups in total. The first-order valence-electron chi connectivity index (χ1n) is 9.45. The van der Waals surface area contributed by atoms with Crippen LogP contribution in [0.15, 0.2) is 30.3 Å². The number of likely N-dealkylation sites (tertiary alicyclic amines) is 1. The molecular weight excluding hydrogens is 429 g/mol. The highest BCUT2D eigenvalue weighted by atomic mass is 35.5. The Morgan fingerprint density at radius 2 is 1.86 bits per heavy atom. The zero-order chi connectivity index (χ0) is 20.5. The van der Waals surface area contributed by atoms with Crippen LogP contribution in [0.5, 0.6) is 5.19 Å². The molecule has 2 aromatic carbocycles. The van der Waals surface area contributed by atoms with Crippen molar-refractivity contribution in [1.82, 2.24) is 9.88 Å². The number of nitrogens with zero attached hydrogens (tertiary/aromatic N) is 2. The van der Waals surface area contributed by atoms with Crippen molar-refractivity contribution in [2.75, 3.05) is 18.4 Å². The molecule has 3 aromatic rings. The fraction of sp³-hybridized carbons (Fsp3) is 0.333. The lowest BCUT2D eigenvalue weighted by molar-refractivity contribution is 0.115. The number of urea groups is 1. The van der Waals surface area contributed by atoms with Crippen molar-refractivity contribution in [3.05, 3.63) is 51.5 Å². The predicted molar refractivity (Wildman–Crippen MR) is 120 cm³/mol. The van der Waals surface area contributed by atoms with Gasteiger partial charge < -0.3 is 15.0 Å². The van der Waals surface area contributed by atoms with Gasteiger partial charge in [-0.3, -0.25) is 0 Å². The average Bonchev–Trinajstić information content (AvgIpc) is 3.13. The van der Waals surface area contributed by atoms with Crippen LogP contribution in [0.1, 0.15) is 24.0 Å². The van der Waals surface area contributed by atoms with Crippen molar-refractivity contribution < 1.29 is 9.53 Å². The van der Waals surface area contributed by atoms with Crippen molar-refractivity contribution in [1.29, 1.82) is 0 Å². The highest BCUT2D eigenvalue weighted by Crippen LogP contribution is 2.33. The number of carbonyl (C=O) groups is 1. The van der Waals surface area contributed by atoms with Gasteiger partial charge in [0.1, 0.15) is 6.10 Å². The molecule has 1 saturated heterocycles. The molecule has 0 bridgehead atoms. The van der Waals surface area contributed by atoms with Gasteiger partial charge in [-0.05, 0) is 43.2 Å². The zero-order valence-corrected chi connectivity index (χ0v) is 18.5. The first kappa shape index (κ1) is 20.3. The van der Waals surface area contributed by atoms with Gasteiger partial charge in [-0.1, -0.05) is 46.7 Å². The summed E-state index contributed by atoms with van der Waals surface area (Å²) in [5, 5.41) is 4.45. The molecule has 1 fully saturated rings. The number of rotatable bonds is 3. The molecule has 0 radical (unpaired) electrons. The Balaban J connectivity index is 1.34. The van der Waals surface area contributed by atoms with Gasteiger partial charge in [0.2, 0.25) is 0 Å². The molecule has 0 unspecified atom stereocenters. The summed E-state index contributed by atoms with van der Waals surface area (Å²) in [5.41, 5.74) is 4.02. The van der Waals surface area contributed by atoms with Crippen LogP contribution in [-0.4, -0.2) is 35.1 Å². The fourth-order valence-corrected chi connectivity index (χ4v) is 4.71. The molecule has 2 heterocycles. The normalized spacial score (nSPS) is 15.0. The van der Waals surface area contributed by atoms with E-state index in [-0.39, 0.29) is 12.1 Å². The SMILES string of the molecule is Cc1ccc(C)c2sc(OC3CCN(C(=O)Nc4ccc(Cl)c(Cl)c4)CC3)nc12. The number of hydrogen-bond acceptors (Lipinski definition) is 4. The van der Waals surface area contributed by atoms with E-state index in [1.165, 1.54) is 10.3 Å².